The summed E-state index contributed by atoms with van der Waals surface area (Å²) in [5.41, 5.74) is 1.83. The minimum Gasteiger partial charge on any atom is -0.391 e. The summed E-state index contributed by atoms with van der Waals surface area (Å²) in [7, 11) is 1.53. The lowest BCUT2D eigenvalue weighted by molar-refractivity contribution is -0.134. The maximum absolute atomic E-state index is 13.7. The number of carbonyl (C=O) groups excluding carboxylic acids is 4. The molecule has 0 aliphatic carbocycles. The highest BCUT2D eigenvalue weighted by atomic mass is 16.5. The molecule has 0 aliphatic heterocycles. The van der Waals surface area contributed by atoms with Crippen LogP contribution in [0, 0.1) is 49.4 Å². The number of nitrogens with one attached hydrogen (secondary N) is 4. The third-order valence-corrected chi connectivity index (χ3v) is 8.35. The van der Waals surface area contributed by atoms with Crippen molar-refractivity contribution in [3.8, 4) is 0 Å². The second-order valence-electron chi connectivity index (χ2n) is 14.6. The number of hydrogen-bond acceptors (Lipinski definition) is 7. The molecule has 5 N–H and O–H groups in total. The van der Waals surface area contributed by atoms with Gasteiger partial charge in [0.05, 0.1) is 30.3 Å². The minimum absolute atomic E-state index is 0.00948. The quantitative estimate of drug-likeness (QED) is 0.135. The molecule has 4 amide bonds. The standard InChI is InChI=1S/C35H64N6O6/c1-20(2)15-29(30(42)16-24(9)32(43)39-31(23(7)8)35(46)36-18-21(3)4)38-34(45)28(13-14-47-12)37-33(44)27(22(5)6)19-41-26(11)17-25(10)40-41/h17,20-24,27-31,42H,13-16,18-19H2,1-12H3,(H,36,46)(H,37,44)(H,38,45)(H,39,43)/t24-,27-,28+,29+,30+,31+/m1/s1. The van der Waals surface area contributed by atoms with E-state index in [4.69, 9.17) is 4.74 Å². The lowest BCUT2D eigenvalue weighted by Gasteiger charge is -2.30. The Morgan fingerprint density at radius 1 is 0.830 bits per heavy atom. The smallest absolute Gasteiger partial charge is 0.242 e. The SMILES string of the molecule is COCC[C@H](NC(=O)[C@H](Cn1nc(C)cc1C)C(C)C)C(=O)N[C@@H](CC(C)C)[C@@H](O)C[C@@H](C)C(=O)N[C@H](C(=O)NCC(C)C)C(C)C. The lowest BCUT2D eigenvalue weighted by Crippen LogP contribution is -2.55. The van der Waals surface area contributed by atoms with Gasteiger partial charge in [-0.1, -0.05) is 62.3 Å². The fraction of sp³-hybridized carbons (Fsp3) is 0.800. The van der Waals surface area contributed by atoms with Gasteiger partial charge in [-0.25, -0.2) is 0 Å². The molecule has 1 aromatic rings. The van der Waals surface area contributed by atoms with Gasteiger partial charge >= 0.3 is 0 Å². The molecule has 12 heteroatoms. The zero-order valence-corrected chi connectivity index (χ0v) is 31.0. The summed E-state index contributed by atoms with van der Waals surface area (Å²) >= 11 is 0. The highest BCUT2D eigenvalue weighted by Crippen LogP contribution is 2.19. The Labute approximate surface area is 282 Å². The molecular weight excluding hydrogens is 600 g/mol. The van der Waals surface area contributed by atoms with E-state index < -0.39 is 42.0 Å². The maximum atomic E-state index is 13.7. The van der Waals surface area contributed by atoms with E-state index in [-0.39, 0.29) is 60.8 Å². The normalized spacial score (nSPS) is 15.7. The second-order valence-corrected chi connectivity index (χ2v) is 14.6. The Balaban J connectivity index is 3.04. The summed E-state index contributed by atoms with van der Waals surface area (Å²) in [5, 5.41) is 27.5. The molecule has 6 atom stereocenters. The van der Waals surface area contributed by atoms with Crippen molar-refractivity contribution in [3.63, 3.8) is 0 Å². The number of methoxy groups -OCH3 is 1. The van der Waals surface area contributed by atoms with E-state index in [0.29, 0.717) is 19.5 Å². The van der Waals surface area contributed by atoms with Gasteiger partial charge in [-0.15, -0.1) is 0 Å². The van der Waals surface area contributed by atoms with E-state index in [1.165, 1.54) is 7.11 Å². The molecule has 0 saturated carbocycles. The van der Waals surface area contributed by atoms with Crippen molar-refractivity contribution in [2.75, 3.05) is 20.3 Å². The van der Waals surface area contributed by atoms with Crippen LogP contribution in [0.3, 0.4) is 0 Å². The summed E-state index contributed by atoms with van der Waals surface area (Å²) in [4.78, 5) is 53.2. The molecule has 0 spiro atoms. The highest BCUT2D eigenvalue weighted by Gasteiger charge is 2.33. The number of aliphatic hydroxyl groups excluding tert-OH is 1. The van der Waals surface area contributed by atoms with Crippen molar-refractivity contribution in [2.45, 2.75) is 126 Å². The number of nitrogens with zero attached hydrogens (tertiary/aromatic N) is 2. The summed E-state index contributed by atoms with van der Waals surface area (Å²) in [6.45, 7) is 22.3. The number of aliphatic hydroxyl groups is 1. The molecule has 0 bridgehead atoms. The predicted octanol–water partition coefficient (Wildman–Crippen LogP) is 3.12. The van der Waals surface area contributed by atoms with Crippen LogP contribution < -0.4 is 21.3 Å². The van der Waals surface area contributed by atoms with Gasteiger partial charge in [0.15, 0.2) is 0 Å². The predicted molar refractivity (Wildman–Crippen MR) is 184 cm³/mol. The van der Waals surface area contributed by atoms with Gasteiger partial charge in [0, 0.05) is 31.9 Å². The first kappa shape index (κ1) is 42.0. The number of rotatable bonds is 21. The van der Waals surface area contributed by atoms with Crippen LogP contribution in [-0.2, 0) is 30.5 Å². The third kappa shape index (κ3) is 14.8. The molecule has 0 saturated heterocycles. The van der Waals surface area contributed by atoms with Crippen LogP contribution in [0.5, 0.6) is 0 Å². The first-order valence-corrected chi connectivity index (χ1v) is 17.2. The number of aromatic nitrogens is 2. The maximum Gasteiger partial charge on any atom is 0.242 e. The van der Waals surface area contributed by atoms with Crippen LogP contribution in [0.25, 0.3) is 0 Å². The monoisotopic (exact) mass is 664 g/mol. The molecule has 0 fully saturated rings. The van der Waals surface area contributed by atoms with E-state index in [1.54, 1.807) is 6.92 Å². The van der Waals surface area contributed by atoms with Crippen molar-refractivity contribution >= 4 is 23.6 Å². The fourth-order valence-electron chi connectivity index (χ4n) is 5.41. The Kier molecular flexibility index (Phi) is 18.2. The summed E-state index contributed by atoms with van der Waals surface area (Å²) in [5.74, 6) is -2.04. The van der Waals surface area contributed by atoms with Crippen molar-refractivity contribution in [1.29, 1.82) is 0 Å². The van der Waals surface area contributed by atoms with Crippen molar-refractivity contribution in [2.24, 2.45) is 35.5 Å². The molecule has 1 heterocycles. The summed E-state index contributed by atoms with van der Waals surface area (Å²) < 4.78 is 7.06. The van der Waals surface area contributed by atoms with E-state index in [9.17, 15) is 24.3 Å². The molecule has 0 unspecified atom stereocenters. The summed E-state index contributed by atoms with van der Waals surface area (Å²) in [6, 6.07) is -0.288. The largest absolute Gasteiger partial charge is 0.391 e. The number of hydrogen-bond donors (Lipinski definition) is 5. The first-order chi connectivity index (χ1) is 21.9. The molecule has 47 heavy (non-hydrogen) atoms. The Hall–Kier alpha value is -2.99. The molecule has 0 aromatic carbocycles. The summed E-state index contributed by atoms with van der Waals surface area (Å²) in [6.07, 6.45) is -0.250. The third-order valence-electron chi connectivity index (χ3n) is 8.35. The van der Waals surface area contributed by atoms with Crippen LogP contribution in [-0.4, -0.2) is 83.0 Å². The lowest BCUT2D eigenvalue weighted by atomic mass is 9.91. The van der Waals surface area contributed by atoms with Crippen molar-refractivity contribution < 1.29 is 29.0 Å². The number of carbonyl (C=O) groups is 4. The molecular formula is C35H64N6O6. The Bertz CT molecular complexity index is 1130. The van der Waals surface area contributed by atoms with Crippen LogP contribution in [0.1, 0.15) is 93.0 Å². The van der Waals surface area contributed by atoms with E-state index in [2.05, 4.69) is 26.4 Å². The molecule has 1 aromatic heterocycles. The van der Waals surface area contributed by atoms with E-state index >= 15 is 0 Å². The van der Waals surface area contributed by atoms with Gasteiger partial charge in [0.25, 0.3) is 0 Å². The zero-order chi connectivity index (χ0) is 36.0. The number of amides is 4. The fourth-order valence-corrected chi connectivity index (χ4v) is 5.41. The first-order valence-electron chi connectivity index (χ1n) is 17.2. The minimum atomic E-state index is -1.04. The Morgan fingerprint density at radius 2 is 1.47 bits per heavy atom. The molecule has 0 radical (unpaired) electrons. The van der Waals surface area contributed by atoms with Gasteiger partial charge in [0.2, 0.25) is 23.6 Å². The molecule has 270 valence electrons. The number of ether oxygens (including phenoxy) is 1. The van der Waals surface area contributed by atoms with Gasteiger partial charge in [0.1, 0.15) is 12.1 Å². The molecule has 0 aliphatic rings. The van der Waals surface area contributed by atoms with Gasteiger partial charge in [-0.2, -0.15) is 5.10 Å². The second kappa shape index (κ2) is 20.4. The van der Waals surface area contributed by atoms with Crippen molar-refractivity contribution in [3.05, 3.63) is 17.5 Å². The van der Waals surface area contributed by atoms with Crippen molar-refractivity contribution in [1.82, 2.24) is 31.0 Å². The van der Waals surface area contributed by atoms with Crippen LogP contribution in [0.15, 0.2) is 6.07 Å². The molecule has 1 rings (SSSR count). The average molecular weight is 665 g/mol. The average Bonchev–Trinajstić information content (AvgIpc) is 3.29. The van der Waals surface area contributed by atoms with Crippen LogP contribution in [0.2, 0.25) is 0 Å². The van der Waals surface area contributed by atoms with E-state index in [0.717, 1.165) is 11.4 Å². The van der Waals surface area contributed by atoms with Gasteiger partial charge in [-0.05, 0) is 62.8 Å². The highest BCUT2D eigenvalue weighted by molar-refractivity contribution is 5.89. The van der Waals surface area contributed by atoms with Crippen LogP contribution >= 0.6 is 0 Å². The zero-order valence-electron chi connectivity index (χ0n) is 31.0. The van der Waals surface area contributed by atoms with E-state index in [1.807, 2.05) is 80.0 Å². The Morgan fingerprint density at radius 3 is 1.96 bits per heavy atom. The van der Waals surface area contributed by atoms with Crippen LogP contribution in [0.4, 0.5) is 0 Å². The van der Waals surface area contributed by atoms with Gasteiger partial charge < -0.3 is 31.1 Å². The number of aryl methyl sites for hydroxylation is 2. The molecule has 12 nitrogen and oxygen atoms in total. The van der Waals surface area contributed by atoms with Gasteiger partial charge in [-0.3, -0.25) is 23.9 Å². The topological polar surface area (TPSA) is 164 Å².